The Morgan fingerprint density at radius 3 is 2.37 bits per heavy atom. The summed E-state index contributed by atoms with van der Waals surface area (Å²) < 4.78 is 5.28. The topological polar surface area (TPSA) is 61.9 Å². The number of benzene rings is 2. The Labute approximate surface area is 159 Å². The van der Waals surface area contributed by atoms with E-state index in [9.17, 15) is 9.59 Å². The second kappa shape index (κ2) is 8.58. The van der Waals surface area contributed by atoms with Crippen molar-refractivity contribution < 1.29 is 14.3 Å². The fraction of sp³-hybridized carbons (Fsp3) is 0.333. The molecule has 142 valence electrons. The van der Waals surface area contributed by atoms with Crippen molar-refractivity contribution in [2.45, 2.75) is 13.0 Å². The van der Waals surface area contributed by atoms with E-state index in [0.717, 1.165) is 24.5 Å². The molecule has 1 atom stereocenters. The van der Waals surface area contributed by atoms with Crippen LogP contribution >= 0.6 is 0 Å². The third-order valence-electron chi connectivity index (χ3n) is 4.76. The van der Waals surface area contributed by atoms with Crippen molar-refractivity contribution >= 4 is 17.5 Å². The van der Waals surface area contributed by atoms with Crippen LogP contribution in [0.1, 0.15) is 17.3 Å². The molecule has 1 heterocycles. The Bertz CT molecular complexity index is 786. The lowest BCUT2D eigenvalue weighted by Gasteiger charge is -2.37. The maximum Gasteiger partial charge on any atom is 0.251 e. The molecule has 0 radical (unpaired) electrons. The molecule has 3 rings (SSSR count). The zero-order chi connectivity index (χ0) is 19.2. The van der Waals surface area contributed by atoms with E-state index in [1.54, 1.807) is 38.3 Å². The smallest absolute Gasteiger partial charge is 0.251 e. The number of ether oxygens (including phenoxy) is 1. The van der Waals surface area contributed by atoms with Crippen LogP contribution in [0.4, 0.5) is 5.69 Å². The molecule has 1 N–H and O–H groups in total. The van der Waals surface area contributed by atoms with Crippen molar-refractivity contribution in [1.29, 1.82) is 0 Å². The quantitative estimate of drug-likeness (QED) is 0.880. The van der Waals surface area contributed by atoms with Crippen molar-refractivity contribution in [2.75, 3.05) is 38.2 Å². The van der Waals surface area contributed by atoms with Gasteiger partial charge in [-0.1, -0.05) is 24.3 Å². The summed E-state index contributed by atoms with van der Waals surface area (Å²) in [6, 6.07) is 16.3. The first kappa shape index (κ1) is 18.8. The van der Waals surface area contributed by atoms with Crippen LogP contribution in [0, 0.1) is 0 Å². The molecular weight excluding hydrogens is 342 g/mol. The van der Waals surface area contributed by atoms with Crippen LogP contribution in [-0.2, 0) is 4.79 Å². The summed E-state index contributed by atoms with van der Waals surface area (Å²) in [5.74, 6) is 0.541. The lowest BCUT2D eigenvalue weighted by Crippen LogP contribution is -2.54. The van der Waals surface area contributed by atoms with Crippen LogP contribution in [0.25, 0.3) is 0 Å². The minimum Gasteiger partial charge on any atom is -0.497 e. The Morgan fingerprint density at radius 1 is 1.00 bits per heavy atom. The van der Waals surface area contributed by atoms with Gasteiger partial charge in [0.2, 0.25) is 5.91 Å². The number of nitrogens with one attached hydrogen (secondary N) is 1. The predicted octanol–water partition coefficient (Wildman–Crippen LogP) is 2.16. The largest absolute Gasteiger partial charge is 0.497 e. The number of hydrogen-bond donors (Lipinski definition) is 1. The molecule has 0 aliphatic carbocycles. The minimum absolute atomic E-state index is 0.0513. The average Bonchev–Trinajstić information content (AvgIpc) is 2.74. The van der Waals surface area contributed by atoms with Gasteiger partial charge in [0.25, 0.3) is 5.91 Å². The molecule has 2 amide bonds. The summed E-state index contributed by atoms with van der Waals surface area (Å²) in [6.07, 6.45) is 0. The van der Waals surface area contributed by atoms with Gasteiger partial charge in [-0.15, -0.1) is 0 Å². The number of carbonyl (C=O) groups excluding carboxylic acids is 2. The van der Waals surface area contributed by atoms with Crippen molar-refractivity contribution in [3.05, 3.63) is 60.2 Å². The lowest BCUT2D eigenvalue weighted by atomic mass is 10.2. The summed E-state index contributed by atoms with van der Waals surface area (Å²) >= 11 is 0. The Balaban J connectivity index is 1.54. The molecule has 6 nitrogen and oxygen atoms in total. The molecule has 0 saturated carbocycles. The summed E-state index contributed by atoms with van der Waals surface area (Å²) in [5.41, 5.74) is 1.65. The van der Waals surface area contributed by atoms with Gasteiger partial charge in [-0.3, -0.25) is 9.59 Å². The van der Waals surface area contributed by atoms with E-state index in [2.05, 4.69) is 10.2 Å². The molecule has 27 heavy (non-hydrogen) atoms. The van der Waals surface area contributed by atoms with E-state index in [-0.39, 0.29) is 11.8 Å². The average molecular weight is 367 g/mol. The van der Waals surface area contributed by atoms with E-state index in [0.29, 0.717) is 18.7 Å². The molecular formula is C21H25N3O3. The highest BCUT2D eigenvalue weighted by atomic mass is 16.5. The first-order valence-corrected chi connectivity index (χ1v) is 9.12. The second-order valence-electron chi connectivity index (χ2n) is 6.57. The van der Waals surface area contributed by atoms with Gasteiger partial charge in [0.05, 0.1) is 7.11 Å². The van der Waals surface area contributed by atoms with Crippen LogP contribution in [0.3, 0.4) is 0 Å². The molecule has 1 aliphatic rings. The summed E-state index contributed by atoms with van der Waals surface area (Å²) in [7, 11) is 1.65. The maximum atomic E-state index is 12.7. The van der Waals surface area contributed by atoms with Crippen LogP contribution in [-0.4, -0.2) is 56.0 Å². The highest BCUT2D eigenvalue weighted by Crippen LogP contribution is 2.22. The van der Waals surface area contributed by atoms with E-state index < -0.39 is 6.04 Å². The zero-order valence-electron chi connectivity index (χ0n) is 15.7. The van der Waals surface area contributed by atoms with Gasteiger partial charge >= 0.3 is 0 Å². The van der Waals surface area contributed by atoms with E-state index in [1.807, 2.05) is 35.2 Å². The second-order valence-corrected chi connectivity index (χ2v) is 6.57. The zero-order valence-corrected chi connectivity index (χ0v) is 15.7. The van der Waals surface area contributed by atoms with Crippen LogP contribution in [0.15, 0.2) is 54.6 Å². The number of nitrogens with zero attached hydrogens (tertiary/aromatic N) is 2. The highest BCUT2D eigenvalue weighted by molar-refractivity contribution is 5.97. The Kier molecular flexibility index (Phi) is 5.96. The van der Waals surface area contributed by atoms with Gasteiger partial charge in [-0.25, -0.2) is 0 Å². The number of amides is 2. The normalized spacial score (nSPS) is 15.2. The molecule has 0 bridgehead atoms. The molecule has 6 heteroatoms. The first-order chi connectivity index (χ1) is 13.1. The first-order valence-electron chi connectivity index (χ1n) is 9.12. The fourth-order valence-electron chi connectivity index (χ4n) is 3.20. The van der Waals surface area contributed by atoms with Gasteiger partial charge < -0.3 is 19.9 Å². The predicted molar refractivity (Wildman–Crippen MR) is 105 cm³/mol. The van der Waals surface area contributed by atoms with Crippen LogP contribution in [0.2, 0.25) is 0 Å². The van der Waals surface area contributed by atoms with Crippen molar-refractivity contribution in [3.8, 4) is 5.75 Å². The van der Waals surface area contributed by atoms with Gasteiger partial charge in [0.15, 0.2) is 0 Å². The molecule has 2 aromatic carbocycles. The van der Waals surface area contributed by atoms with Gasteiger partial charge in [-0.2, -0.15) is 0 Å². The molecule has 1 saturated heterocycles. The number of hydrogen-bond acceptors (Lipinski definition) is 4. The molecule has 1 unspecified atom stereocenters. The number of piperazine rings is 1. The number of carbonyl (C=O) groups is 2. The number of anilines is 1. The third kappa shape index (κ3) is 4.58. The minimum atomic E-state index is -0.555. The lowest BCUT2D eigenvalue weighted by molar-refractivity contribution is -0.133. The van der Waals surface area contributed by atoms with Crippen molar-refractivity contribution in [1.82, 2.24) is 10.2 Å². The van der Waals surface area contributed by atoms with Crippen LogP contribution in [0.5, 0.6) is 5.75 Å². The van der Waals surface area contributed by atoms with Gasteiger partial charge in [0.1, 0.15) is 11.8 Å². The standard InChI is InChI=1S/C21H25N3O3/c1-16(22-20(25)17-7-4-3-5-8-17)21(26)24-13-11-23(12-14-24)18-9-6-10-19(15-18)27-2/h3-10,15-16H,11-14H2,1-2H3,(H,22,25). The molecule has 2 aromatic rings. The summed E-state index contributed by atoms with van der Waals surface area (Å²) in [4.78, 5) is 29.0. The van der Waals surface area contributed by atoms with E-state index in [1.165, 1.54) is 0 Å². The Hall–Kier alpha value is -3.02. The molecule has 0 spiro atoms. The fourth-order valence-corrected chi connectivity index (χ4v) is 3.20. The van der Waals surface area contributed by atoms with Gasteiger partial charge in [0, 0.05) is 43.5 Å². The molecule has 0 aromatic heterocycles. The maximum absolute atomic E-state index is 12.7. The van der Waals surface area contributed by atoms with Crippen molar-refractivity contribution in [3.63, 3.8) is 0 Å². The SMILES string of the molecule is COc1cccc(N2CCN(C(=O)C(C)NC(=O)c3ccccc3)CC2)c1. The Morgan fingerprint density at radius 2 is 1.70 bits per heavy atom. The number of methoxy groups -OCH3 is 1. The highest BCUT2D eigenvalue weighted by Gasteiger charge is 2.26. The van der Waals surface area contributed by atoms with Crippen LogP contribution < -0.4 is 15.0 Å². The van der Waals surface area contributed by atoms with E-state index in [4.69, 9.17) is 4.74 Å². The summed E-state index contributed by atoms with van der Waals surface area (Å²) in [5, 5.41) is 2.79. The monoisotopic (exact) mass is 367 g/mol. The number of rotatable bonds is 5. The summed E-state index contributed by atoms with van der Waals surface area (Å²) in [6.45, 7) is 4.48. The van der Waals surface area contributed by atoms with E-state index >= 15 is 0 Å². The van der Waals surface area contributed by atoms with Gasteiger partial charge in [-0.05, 0) is 31.2 Å². The molecule has 1 aliphatic heterocycles. The van der Waals surface area contributed by atoms with Crippen molar-refractivity contribution in [2.24, 2.45) is 0 Å². The molecule has 1 fully saturated rings. The third-order valence-corrected chi connectivity index (χ3v) is 4.76.